The van der Waals surface area contributed by atoms with Crippen molar-refractivity contribution in [1.29, 1.82) is 0 Å². The fraction of sp³-hybridized carbons (Fsp3) is 0.533. The summed E-state index contributed by atoms with van der Waals surface area (Å²) in [6, 6.07) is 3.94. The van der Waals surface area contributed by atoms with Gasteiger partial charge in [-0.1, -0.05) is 12.1 Å². The molecule has 0 spiro atoms. The fourth-order valence-electron chi connectivity index (χ4n) is 2.09. The first-order valence-electron chi connectivity index (χ1n) is 7.07. The molecule has 0 aromatic carbocycles. The summed E-state index contributed by atoms with van der Waals surface area (Å²) in [5.41, 5.74) is 1.42. The molecule has 0 saturated carbocycles. The molecule has 1 aromatic heterocycles. The maximum atomic E-state index is 6.11. The third-order valence-corrected chi connectivity index (χ3v) is 4.51. The largest absolute Gasteiger partial charge is 0.491 e. The first-order chi connectivity index (χ1) is 9.75. The van der Waals surface area contributed by atoms with Gasteiger partial charge in [0.2, 0.25) is 0 Å². The maximum Gasteiger partial charge on any atom is 0.491 e. The third-order valence-electron chi connectivity index (χ3n) is 4.04. The van der Waals surface area contributed by atoms with Gasteiger partial charge in [-0.2, -0.15) is 0 Å². The summed E-state index contributed by atoms with van der Waals surface area (Å²) < 4.78 is 13.1. The van der Waals surface area contributed by atoms with Crippen LogP contribution in [-0.2, 0) is 9.31 Å². The van der Waals surface area contributed by atoms with E-state index in [9.17, 15) is 0 Å². The SMILES string of the molecule is CNCC(=Cc1ccc(Br)nc1)B1OC(C)(C)C(C)(C)O1. The first-order valence-corrected chi connectivity index (χ1v) is 7.87. The summed E-state index contributed by atoms with van der Waals surface area (Å²) in [6.07, 6.45) is 3.89. The number of aromatic nitrogens is 1. The van der Waals surface area contributed by atoms with Crippen LogP contribution in [-0.4, -0.2) is 36.9 Å². The summed E-state index contributed by atoms with van der Waals surface area (Å²) in [5.74, 6) is 0. The zero-order valence-electron chi connectivity index (χ0n) is 13.2. The average Bonchev–Trinajstić information content (AvgIpc) is 2.60. The standard InChI is InChI=1S/C15H22BBrN2O2/c1-14(2)15(3,4)21-16(20-14)12(10-18-5)8-11-6-7-13(17)19-9-11/h6-9,18H,10H2,1-5H3. The molecule has 0 radical (unpaired) electrons. The monoisotopic (exact) mass is 352 g/mol. The third kappa shape index (κ3) is 3.75. The van der Waals surface area contributed by atoms with E-state index in [-0.39, 0.29) is 18.3 Å². The van der Waals surface area contributed by atoms with Crippen LogP contribution in [0.4, 0.5) is 0 Å². The maximum absolute atomic E-state index is 6.11. The second-order valence-electron chi connectivity index (χ2n) is 6.25. The molecule has 4 nitrogen and oxygen atoms in total. The van der Waals surface area contributed by atoms with Crippen molar-refractivity contribution in [2.45, 2.75) is 38.9 Å². The molecule has 0 aliphatic carbocycles. The van der Waals surface area contributed by atoms with Crippen molar-refractivity contribution in [1.82, 2.24) is 10.3 Å². The number of nitrogens with one attached hydrogen (secondary N) is 1. The lowest BCUT2D eigenvalue weighted by molar-refractivity contribution is 0.00578. The Balaban J connectivity index is 2.26. The predicted octanol–water partition coefficient (Wildman–Crippen LogP) is 3.08. The minimum atomic E-state index is -0.342. The van der Waals surface area contributed by atoms with E-state index < -0.39 is 0 Å². The Bertz CT molecular complexity index is 513. The summed E-state index contributed by atoms with van der Waals surface area (Å²) in [5, 5.41) is 3.17. The van der Waals surface area contributed by atoms with Gasteiger partial charge in [0, 0.05) is 12.7 Å². The quantitative estimate of drug-likeness (QED) is 0.668. The van der Waals surface area contributed by atoms with E-state index in [4.69, 9.17) is 9.31 Å². The Hall–Kier alpha value is -0.685. The lowest BCUT2D eigenvalue weighted by Gasteiger charge is -2.32. The normalized spacial score (nSPS) is 20.9. The van der Waals surface area contributed by atoms with Crippen molar-refractivity contribution in [2.24, 2.45) is 0 Å². The molecule has 0 amide bonds. The molecule has 114 valence electrons. The molecule has 0 unspecified atom stereocenters. The van der Waals surface area contributed by atoms with Gasteiger partial charge in [-0.3, -0.25) is 0 Å². The van der Waals surface area contributed by atoms with Crippen LogP contribution in [0.5, 0.6) is 0 Å². The molecular weight excluding hydrogens is 331 g/mol. The van der Waals surface area contributed by atoms with Gasteiger partial charge >= 0.3 is 7.12 Å². The van der Waals surface area contributed by atoms with E-state index in [1.165, 1.54) is 0 Å². The van der Waals surface area contributed by atoms with Crippen LogP contribution in [0, 0.1) is 0 Å². The van der Waals surface area contributed by atoms with Gasteiger partial charge in [0.1, 0.15) is 4.60 Å². The van der Waals surface area contributed by atoms with Crippen LogP contribution in [0.1, 0.15) is 33.3 Å². The van der Waals surface area contributed by atoms with Crippen LogP contribution in [0.2, 0.25) is 0 Å². The average molecular weight is 353 g/mol. The Kier molecular flexibility index (Phi) is 4.93. The molecule has 21 heavy (non-hydrogen) atoms. The first kappa shape index (κ1) is 16.7. The molecule has 6 heteroatoms. The Morgan fingerprint density at radius 1 is 1.29 bits per heavy atom. The number of pyridine rings is 1. The molecule has 2 heterocycles. The molecule has 1 saturated heterocycles. The van der Waals surface area contributed by atoms with Gasteiger partial charge in [0.15, 0.2) is 0 Å². The zero-order chi connectivity index (χ0) is 15.7. The van der Waals surface area contributed by atoms with E-state index >= 15 is 0 Å². The summed E-state index contributed by atoms with van der Waals surface area (Å²) >= 11 is 3.34. The highest BCUT2D eigenvalue weighted by molar-refractivity contribution is 9.10. The molecule has 0 bridgehead atoms. The van der Waals surface area contributed by atoms with E-state index in [0.29, 0.717) is 6.54 Å². The molecule has 1 N–H and O–H groups in total. The lowest BCUT2D eigenvalue weighted by Crippen LogP contribution is -2.41. The number of rotatable bonds is 4. The van der Waals surface area contributed by atoms with Crippen LogP contribution in [0.3, 0.4) is 0 Å². The Morgan fingerprint density at radius 3 is 2.38 bits per heavy atom. The summed E-state index contributed by atoms with van der Waals surface area (Å²) in [7, 11) is 1.57. The molecular formula is C15H22BBrN2O2. The highest BCUT2D eigenvalue weighted by Crippen LogP contribution is 2.38. The second kappa shape index (κ2) is 6.20. The van der Waals surface area contributed by atoms with Gasteiger partial charge < -0.3 is 14.6 Å². The van der Waals surface area contributed by atoms with Gasteiger partial charge in [-0.15, -0.1) is 0 Å². The van der Waals surface area contributed by atoms with E-state index in [2.05, 4.69) is 60.0 Å². The minimum absolute atomic E-state index is 0.331. The fourth-order valence-corrected chi connectivity index (χ4v) is 2.32. The van der Waals surface area contributed by atoms with Crippen molar-refractivity contribution < 1.29 is 9.31 Å². The van der Waals surface area contributed by atoms with Crippen LogP contribution < -0.4 is 5.32 Å². The Morgan fingerprint density at radius 2 is 1.90 bits per heavy atom. The molecule has 1 aromatic rings. The molecule has 2 rings (SSSR count). The summed E-state index contributed by atoms with van der Waals surface area (Å²) in [4.78, 5) is 4.25. The molecule has 1 aliphatic heterocycles. The topological polar surface area (TPSA) is 43.4 Å². The van der Waals surface area contributed by atoms with Gasteiger partial charge in [0.25, 0.3) is 0 Å². The number of halogens is 1. The van der Waals surface area contributed by atoms with E-state index in [1.54, 1.807) is 0 Å². The number of hydrogen-bond donors (Lipinski definition) is 1. The van der Waals surface area contributed by atoms with Crippen LogP contribution in [0.15, 0.2) is 28.4 Å². The van der Waals surface area contributed by atoms with E-state index in [1.807, 2.05) is 25.4 Å². The van der Waals surface area contributed by atoms with E-state index in [0.717, 1.165) is 15.6 Å². The number of likely N-dealkylation sites (N-methyl/N-ethyl adjacent to an activating group) is 1. The molecule has 1 fully saturated rings. The van der Waals surface area contributed by atoms with Crippen molar-refractivity contribution in [3.63, 3.8) is 0 Å². The van der Waals surface area contributed by atoms with Crippen molar-refractivity contribution in [2.75, 3.05) is 13.6 Å². The number of nitrogens with zero attached hydrogens (tertiary/aromatic N) is 1. The van der Waals surface area contributed by atoms with Crippen molar-refractivity contribution in [3.05, 3.63) is 34.0 Å². The van der Waals surface area contributed by atoms with Crippen molar-refractivity contribution >= 4 is 29.1 Å². The van der Waals surface area contributed by atoms with Gasteiger partial charge in [-0.05, 0) is 67.8 Å². The number of hydrogen-bond acceptors (Lipinski definition) is 4. The van der Waals surface area contributed by atoms with Crippen LogP contribution in [0.25, 0.3) is 6.08 Å². The van der Waals surface area contributed by atoms with Gasteiger partial charge in [-0.25, -0.2) is 4.98 Å². The highest BCUT2D eigenvalue weighted by atomic mass is 79.9. The molecule has 1 aliphatic rings. The smallest absolute Gasteiger partial charge is 0.400 e. The highest BCUT2D eigenvalue weighted by Gasteiger charge is 2.52. The lowest BCUT2D eigenvalue weighted by atomic mass is 9.77. The van der Waals surface area contributed by atoms with Gasteiger partial charge in [0.05, 0.1) is 11.2 Å². The Labute approximate surface area is 135 Å². The molecule has 0 atom stereocenters. The van der Waals surface area contributed by atoms with Crippen LogP contribution >= 0.6 is 15.9 Å². The zero-order valence-corrected chi connectivity index (χ0v) is 14.8. The second-order valence-corrected chi connectivity index (χ2v) is 7.06. The van der Waals surface area contributed by atoms with Crippen molar-refractivity contribution in [3.8, 4) is 0 Å². The minimum Gasteiger partial charge on any atom is -0.400 e. The predicted molar refractivity (Wildman–Crippen MR) is 89.9 cm³/mol. The summed E-state index contributed by atoms with van der Waals surface area (Å²) in [6.45, 7) is 8.94.